The SMILES string of the molecule is CC1(C)c2c(c3ccccc3c3ccccc23)-c2cccc3c2c1cc1ccccc13. The van der Waals surface area contributed by atoms with Gasteiger partial charge in [-0.3, -0.25) is 0 Å². The molecule has 0 nitrogen and oxygen atoms in total. The predicted octanol–water partition coefficient (Wildman–Crippen LogP) is 8.61. The fourth-order valence-corrected chi connectivity index (χ4v) is 6.07. The first-order valence-electron chi connectivity index (χ1n) is 11.1. The van der Waals surface area contributed by atoms with Crippen molar-refractivity contribution in [3.05, 3.63) is 108 Å². The summed E-state index contributed by atoms with van der Waals surface area (Å²) in [6.45, 7) is 4.82. The molecule has 0 saturated heterocycles. The van der Waals surface area contributed by atoms with Gasteiger partial charge in [0.1, 0.15) is 0 Å². The van der Waals surface area contributed by atoms with Gasteiger partial charge >= 0.3 is 0 Å². The molecule has 0 aromatic heterocycles. The molecule has 0 heterocycles. The lowest BCUT2D eigenvalue weighted by molar-refractivity contribution is 0.653. The van der Waals surface area contributed by atoms with Crippen molar-refractivity contribution in [2.75, 3.05) is 0 Å². The van der Waals surface area contributed by atoms with E-state index in [1.807, 2.05) is 0 Å². The van der Waals surface area contributed by atoms with Crippen LogP contribution in [0.25, 0.3) is 54.2 Å². The van der Waals surface area contributed by atoms with Crippen LogP contribution in [-0.2, 0) is 5.41 Å². The van der Waals surface area contributed by atoms with Crippen LogP contribution in [0.4, 0.5) is 0 Å². The summed E-state index contributed by atoms with van der Waals surface area (Å²) in [5.41, 5.74) is 5.57. The van der Waals surface area contributed by atoms with E-state index < -0.39 is 0 Å². The van der Waals surface area contributed by atoms with Gasteiger partial charge in [-0.25, -0.2) is 0 Å². The Morgan fingerprint density at radius 3 is 1.87 bits per heavy atom. The quantitative estimate of drug-likeness (QED) is 0.226. The Kier molecular flexibility index (Phi) is 3.16. The Labute approximate surface area is 181 Å². The molecule has 0 bridgehead atoms. The number of hydrogen-bond donors (Lipinski definition) is 0. The number of rotatable bonds is 0. The highest BCUT2D eigenvalue weighted by molar-refractivity contribution is 6.23. The van der Waals surface area contributed by atoms with Crippen LogP contribution in [0.5, 0.6) is 0 Å². The standard InChI is InChI=1S/C31H22/c1-31(2)27-18-19-10-3-4-11-20(19)23-16-9-17-26(28(23)27)29-24-14-7-5-12-21(24)22-13-6-8-15-25(22)30(29)31/h3-18H,1-2H3. The van der Waals surface area contributed by atoms with Gasteiger partial charge in [-0.15, -0.1) is 0 Å². The van der Waals surface area contributed by atoms with Crippen LogP contribution in [0.3, 0.4) is 0 Å². The Morgan fingerprint density at radius 2 is 1.10 bits per heavy atom. The monoisotopic (exact) mass is 394 g/mol. The highest BCUT2D eigenvalue weighted by Crippen LogP contribution is 2.54. The van der Waals surface area contributed by atoms with E-state index in [2.05, 4.69) is 111 Å². The van der Waals surface area contributed by atoms with Crippen LogP contribution < -0.4 is 0 Å². The summed E-state index contributed by atoms with van der Waals surface area (Å²) in [5.74, 6) is 0. The van der Waals surface area contributed by atoms with Crippen molar-refractivity contribution in [1.29, 1.82) is 0 Å². The molecule has 0 spiro atoms. The van der Waals surface area contributed by atoms with Crippen molar-refractivity contribution in [3.63, 3.8) is 0 Å². The van der Waals surface area contributed by atoms with Crippen molar-refractivity contribution in [2.24, 2.45) is 0 Å². The average molecular weight is 395 g/mol. The second-order valence-electron chi connectivity index (χ2n) is 9.34. The predicted molar refractivity (Wildman–Crippen MR) is 134 cm³/mol. The second kappa shape index (κ2) is 5.74. The smallest absolute Gasteiger partial charge is 0.0165 e. The first kappa shape index (κ1) is 17.1. The molecule has 31 heavy (non-hydrogen) atoms. The third kappa shape index (κ3) is 2.05. The van der Waals surface area contributed by atoms with Crippen LogP contribution in [0.15, 0.2) is 97.1 Å². The van der Waals surface area contributed by atoms with E-state index in [4.69, 9.17) is 0 Å². The molecule has 0 amide bonds. The molecule has 146 valence electrons. The molecule has 7 rings (SSSR count). The summed E-state index contributed by atoms with van der Waals surface area (Å²) in [6, 6.07) is 36.0. The third-order valence-corrected chi connectivity index (χ3v) is 7.39. The third-order valence-electron chi connectivity index (χ3n) is 7.39. The molecule has 6 aromatic carbocycles. The van der Waals surface area contributed by atoms with Gasteiger partial charge in [0.15, 0.2) is 0 Å². The minimum absolute atomic E-state index is 0.102. The van der Waals surface area contributed by atoms with Crippen LogP contribution in [-0.4, -0.2) is 0 Å². The largest absolute Gasteiger partial charge is 0.0616 e. The molecule has 0 unspecified atom stereocenters. The summed E-state index contributed by atoms with van der Waals surface area (Å²) in [4.78, 5) is 0. The summed E-state index contributed by atoms with van der Waals surface area (Å²) < 4.78 is 0. The molecule has 0 N–H and O–H groups in total. The maximum Gasteiger partial charge on any atom is 0.0165 e. The second-order valence-corrected chi connectivity index (χ2v) is 9.34. The van der Waals surface area contributed by atoms with Crippen LogP contribution in [0, 0.1) is 0 Å². The van der Waals surface area contributed by atoms with Gasteiger partial charge in [0.2, 0.25) is 0 Å². The Balaban J connectivity index is 1.83. The van der Waals surface area contributed by atoms with Crippen molar-refractivity contribution in [1.82, 2.24) is 0 Å². The minimum Gasteiger partial charge on any atom is -0.0616 e. The van der Waals surface area contributed by atoms with Crippen molar-refractivity contribution in [2.45, 2.75) is 19.3 Å². The molecule has 0 radical (unpaired) electrons. The molecule has 1 aliphatic carbocycles. The van der Waals surface area contributed by atoms with E-state index >= 15 is 0 Å². The van der Waals surface area contributed by atoms with Gasteiger partial charge in [-0.2, -0.15) is 0 Å². The van der Waals surface area contributed by atoms with Gasteiger partial charge in [-0.1, -0.05) is 105 Å². The van der Waals surface area contributed by atoms with Gasteiger partial charge in [-0.05, 0) is 71.4 Å². The lowest BCUT2D eigenvalue weighted by atomic mass is 9.65. The number of hydrogen-bond acceptors (Lipinski definition) is 0. The highest BCUT2D eigenvalue weighted by Gasteiger charge is 2.36. The van der Waals surface area contributed by atoms with E-state index in [1.165, 1.54) is 65.3 Å². The summed E-state index contributed by atoms with van der Waals surface area (Å²) in [6.07, 6.45) is 0. The van der Waals surface area contributed by atoms with E-state index in [0.717, 1.165) is 0 Å². The Hall–Kier alpha value is -3.64. The molecule has 0 saturated carbocycles. The van der Waals surface area contributed by atoms with E-state index in [9.17, 15) is 0 Å². The normalized spacial score (nSPS) is 14.4. The van der Waals surface area contributed by atoms with Crippen LogP contribution >= 0.6 is 0 Å². The zero-order chi connectivity index (χ0) is 20.7. The van der Waals surface area contributed by atoms with Crippen molar-refractivity contribution >= 4 is 43.1 Å². The first-order valence-corrected chi connectivity index (χ1v) is 11.1. The minimum atomic E-state index is -0.102. The zero-order valence-electron chi connectivity index (χ0n) is 17.7. The zero-order valence-corrected chi connectivity index (χ0v) is 17.7. The summed E-state index contributed by atoms with van der Waals surface area (Å²) in [7, 11) is 0. The van der Waals surface area contributed by atoms with Gasteiger partial charge in [0, 0.05) is 5.41 Å². The van der Waals surface area contributed by atoms with E-state index in [0.29, 0.717) is 0 Å². The van der Waals surface area contributed by atoms with Crippen LogP contribution in [0.1, 0.15) is 25.0 Å². The Bertz CT molecular complexity index is 1700. The topological polar surface area (TPSA) is 0 Å². The number of benzene rings is 6. The lowest BCUT2D eigenvalue weighted by Crippen LogP contribution is -2.24. The van der Waals surface area contributed by atoms with Gasteiger partial charge in [0.25, 0.3) is 0 Å². The fraction of sp³-hybridized carbons (Fsp3) is 0.0968. The van der Waals surface area contributed by atoms with E-state index in [-0.39, 0.29) is 5.41 Å². The molecule has 1 aliphatic rings. The van der Waals surface area contributed by atoms with Gasteiger partial charge < -0.3 is 0 Å². The van der Waals surface area contributed by atoms with Crippen LogP contribution in [0.2, 0.25) is 0 Å². The molecule has 6 aromatic rings. The molecule has 0 heteroatoms. The maximum atomic E-state index is 2.44. The fourth-order valence-electron chi connectivity index (χ4n) is 6.07. The highest BCUT2D eigenvalue weighted by atomic mass is 14.4. The summed E-state index contributed by atoms with van der Waals surface area (Å²) >= 11 is 0. The Morgan fingerprint density at radius 1 is 0.516 bits per heavy atom. The lowest BCUT2D eigenvalue weighted by Gasteiger charge is -2.37. The molecule has 0 aliphatic heterocycles. The van der Waals surface area contributed by atoms with Crippen molar-refractivity contribution < 1.29 is 0 Å². The molecular formula is C31H22. The van der Waals surface area contributed by atoms with Gasteiger partial charge in [0.05, 0.1) is 0 Å². The molecular weight excluding hydrogens is 372 g/mol. The summed E-state index contributed by atoms with van der Waals surface area (Å²) in [5, 5.41) is 10.9. The molecule has 0 fully saturated rings. The molecule has 0 atom stereocenters. The average Bonchev–Trinajstić information content (AvgIpc) is 2.81. The van der Waals surface area contributed by atoms with Crippen molar-refractivity contribution in [3.8, 4) is 11.1 Å². The first-order chi connectivity index (χ1) is 15.2. The maximum absolute atomic E-state index is 2.44. The number of fused-ring (bicyclic) bond motifs is 9. The van der Waals surface area contributed by atoms with E-state index in [1.54, 1.807) is 0 Å².